The molecule has 0 amide bonds. The summed E-state index contributed by atoms with van der Waals surface area (Å²) in [6, 6.07) is 5.52. The summed E-state index contributed by atoms with van der Waals surface area (Å²) < 4.78 is 36.7. The molecule has 1 nitrogen and oxygen atoms in total. The zero-order valence-electron chi connectivity index (χ0n) is 8.56. The Labute approximate surface area is 86.9 Å². The van der Waals surface area contributed by atoms with Gasteiger partial charge in [-0.2, -0.15) is 13.2 Å². The van der Waals surface area contributed by atoms with Crippen molar-refractivity contribution in [3.8, 4) is 0 Å². The summed E-state index contributed by atoms with van der Waals surface area (Å²) in [5.41, 5.74) is 0.598. The Morgan fingerprint density at radius 1 is 1.07 bits per heavy atom. The summed E-state index contributed by atoms with van der Waals surface area (Å²) in [7, 11) is 0. The summed E-state index contributed by atoms with van der Waals surface area (Å²) in [5.74, 6) is 0. The largest absolute Gasteiger partial charge is 0.416 e. The van der Waals surface area contributed by atoms with E-state index in [0.717, 1.165) is 18.4 Å². The van der Waals surface area contributed by atoms with Gasteiger partial charge >= 0.3 is 6.18 Å². The minimum Gasteiger partial charge on any atom is -0.344 e. The molecule has 1 aromatic carbocycles. The molecule has 0 atom stereocenters. The number of benzene rings is 1. The molecule has 0 unspecified atom stereocenters. The lowest BCUT2D eigenvalue weighted by molar-refractivity contribution is -0.137. The van der Waals surface area contributed by atoms with Crippen molar-refractivity contribution in [2.45, 2.75) is 31.4 Å². The Hall–Kier alpha value is -1.03. The van der Waals surface area contributed by atoms with E-state index in [1.807, 2.05) is 0 Å². The van der Waals surface area contributed by atoms with Gasteiger partial charge in [0.2, 0.25) is 0 Å². The predicted molar refractivity (Wildman–Crippen MR) is 53.1 cm³/mol. The number of hydrogen-bond donors (Lipinski definition) is 1. The summed E-state index contributed by atoms with van der Waals surface area (Å²) in [5, 5.41) is 0. The van der Waals surface area contributed by atoms with Crippen LogP contribution in [-0.4, -0.2) is 0 Å². The van der Waals surface area contributed by atoms with Crippen molar-refractivity contribution >= 4 is 0 Å². The molecule has 4 heteroatoms. The first-order chi connectivity index (χ1) is 6.42. The van der Waals surface area contributed by atoms with Crippen LogP contribution in [0.4, 0.5) is 13.2 Å². The highest BCUT2D eigenvalue weighted by molar-refractivity contribution is 5.33. The molecule has 0 saturated heterocycles. The van der Waals surface area contributed by atoms with Gasteiger partial charge in [0.1, 0.15) is 0 Å². The molecule has 0 bridgehead atoms. The maximum atomic E-state index is 12.2. The maximum Gasteiger partial charge on any atom is 0.416 e. The highest BCUT2D eigenvalue weighted by Gasteiger charge is 2.39. The molecule has 0 aliphatic heterocycles. The number of alkyl halides is 3. The molecule has 84 valence electrons. The molecule has 0 heterocycles. The van der Waals surface area contributed by atoms with Crippen molar-refractivity contribution in [2.24, 2.45) is 0 Å². The van der Waals surface area contributed by atoms with Gasteiger partial charge in [-0.3, -0.25) is 0 Å². The lowest BCUT2D eigenvalue weighted by Crippen LogP contribution is -2.06. The van der Waals surface area contributed by atoms with E-state index in [-0.39, 0.29) is 11.6 Å². The molecular weight excluding hydrogens is 203 g/mol. The highest BCUT2D eigenvalue weighted by Crippen LogP contribution is 2.47. The third kappa shape index (κ3) is 2.31. The standard InChI is InChI=1S/C11H11F3.H3N/c1-10(6-7-10)8-2-4-9(5-3-8)11(12,13)14;/h2-5H,6-7H2,1H3;1H3. The van der Waals surface area contributed by atoms with Gasteiger partial charge in [-0.05, 0) is 36.0 Å². The Bertz CT molecular complexity index is 312. The first-order valence-electron chi connectivity index (χ1n) is 4.60. The van der Waals surface area contributed by atoms with E-state index in [9.17, 15) is 13.2 Å². The van der Waals surface area contributed by atoms with Crippen molar-refractivity contribution in [1.82, 2.24) is 6.15 Å². The van der Waals surface area contributed by atoms with Crippen LogP contribution in [0, 0.1) is 0 Å². The number of hydrogen-bond acceptors (Lipinski definition) is 1. The second-order valence-corrected chi connectivity index (χ2v) is 4.14. The topological polar surface area (TPSA) is 35.0 Å². The van der Waals surface area contributed by atoms with Crippen LogP contribution in [-0.2, 0) is 11.6 Å². The Balaban J connectivity index is 0.00000112. The van der Waals surface area contributed by atoms with Crippen molar-refractivity contribution in [3.05, 3.63) is 35.4 Å². The fourth-order valence-corrected chi connectivity index (χ4v) is 1.54. The molecule has 1 aliphatic rings. The molecule has 1 aliphatic carbocycles. The van der Waals surface area contributed by atoms with E-state index in [0.29, 0.717) is 0 Å². The van der Waals surface area contributed by atoms with Gasteiger partial charge in [-0.1, -0.05) is 19.1 Å². The first kappa shape index (κ1) is 12.0. The lowest BCUT2D eigenvalue weighted by atomic mass is 9.97. The van der Waals surface area contributed by atoms with E-state index in [2.05, 4.69) is 6.92 Å². The number of halogens is 3. The average Bonchev–Trinajstić information content (AvgIpc) is 2.84. The van der Waals surface area contributed by atoms with E-state index >= 15 is 0 Å². The zero-order chi connectivity index (χ0) is 10.4. The van der Waals surface area contributed by atoms with E-state index in [4.69, 9.17) is 0 Å². The molecule has 2 rings (SSSR count). The summed E-state index contributed by atoms with van der Waals surface area (Å²) in [4.78, 5) is 0. The molecule has 0 aromatic heterocycles. The fraction of sp³-hybridized carbons (Fsp3) is 0.455. The van der Waals surface area contributed by atoms with E-state index in [1.165, 1.54) is 12.1 Å². The van der Waals surface area contributed by atoms with Gasteiger partial charge in [-0.15, -0.1) is 0 Å². The normalized spacial score (nSPS) is 18.1. The molecule has 3 N–H and O–H groups in total. The first-order valence-corrected chi connectivity index (χ1v) is 4.60. The number of rotatable bonds is 1. The third-order valence-electron chi connectivity index (χ3n) is 2.91. The quantitative estimate of drug-likeness (QED) is 0.760. The highest BCUT2D eigenvalue weighted by atomic mass is 19.4. The van der Waals surface area contributed by atoms with Crippen LogP contribution in [0.1, 0.15) is 30.9 Å². The van der Waals surface area contributed by atoms with Crippen LogP contribution in [0.15, 0.2) is 24.3 Å². The van der Waals surface area contributed by atoms with Gasteiger partial charge in [0.15, 0.2) is 0 Å². The van der Waals surface area contributed by atoms with Crippen LogP contribution < -0.4 is 6.15 Å². The zero-order valence-corrected chi connectivity index (χ0v) is 8.56. The summed E-state index contributed by atoms with van der Waals surface area (Å²) in [6.07, 6.45) is -2.06. The van der Waals surface area contributed by atoms with Crippen LogP contribution in [0.25, 0.3) is 0 Å². The minimum absolute atomic E-state index is 0. The van der Waals surface area contributed by atoms with E-state index < -0.39 is 11.7 Å². The second kappa shape index (κ2) is 3.52. The SMILES string of the molecule is CC1(c2ccc(C(F)(F)F)cc2)CC1.N. The molecule has 15 heavy (non-hydrogen) atoms. The lowest BCUT2D eigenvalue weighted by Gasteiger charge is -2.11. The van der Waals surface area contributed by atoms with Crippen LogP contribution >= 0.6 is 0 Å². The second-order valence-electron chi connectivity index (χ2n) is 4.14. The van der Waals surface area contributed by atoms with Crippen molar-refractivity contribution < 1.29 is 13.2 Å². The van der Waals surface area contributed by atoms with Gasteiger partial charge in [-0.25, -0.2) is 0 Å². The van der Waals surface area contributed by atoms with Crippen molar-refractivity contribution in [1.29, 1.82) is 0 Å². The smallest absolute Gasteiger partial charge is 0.344 e. The van der Waals surface area contributed by atoms with Gasteiger partial charge in [0.25, 0.3) is 0 Å². The monoisotopic (exact) mass is 217 g/mol. The molecule has 1 saturated carbocycles. The Kier molecular flexibility index (Phi) is 2.83. The maximum absolute atomic E-state index is 12.2. The molecule has 1 aromatic rings. The summed E-state index contributed by atoms with van der Waals surface area (Å²) >= 11 is 0. The molecule has 1 fully saturated rings. The fourth-order valence-electron chi connectivity index (χ4n) is 1.54. The van der Waals surface area contributed by atoms with E-state index in [1.54, 1.807) is 12.1 Å². The predicted octanol–water partition coefficient (Wildman–Crippen LogP) is 3.92. The van der Waals surface area contributed by atoms with Crippen molar-refractivity contribution in [2.75, 3.05) is 0 Å². The average molecular weight is 217 g/mol. The summed E-state index contributed by atoms with van der Waals surface area (Å²) in [6.45, 7) is 2.08. The van der Waals surface area contributed by atoms with Crippen molar-refractivity contribution in [3.63, 3.8) is 0 Å². The molecular formula is C11H14F3N. The Morgan fingerprint density at radius 2 is 1.53 bits per heavy atom. The third-order valence-corrected chi connectivity index (χ3v) is 2.91. The van der Waals surface area contributed by atoms with Gasteiger partial charge in [0, 0.05) is 0 Å². The molecule has 0 radical (unpaired) electrons. The minimum atomic E-state index is -4.22. The Morgan fingerprint density at radius 3 is 1.87 bits per heavy atom. The van der Waals surface area contributed by atoms with Gasteiger partial charge < -0.3 is 6.15 Å². The van der Waals surface area contributed by atoms with Crippen LogP contribution in [0.5, 0.6) is 0 Å². The molecule has 0 spiro atoms. The van der Waals surface area contributed by atoms with Crippen LogP contribution in [0.2, 0.25) is 0 Å². The van der Waals surface area contributed by atoms with Crippen LogP contribution in [0.3, 0.4) is 0 Å². The van der Waals surface area contributed by atoms with Gasteiger partial charge in [0.05, 0.1) is 5.56 Å².